The molecule has 4 heteroatoms. The van der Waals surface area contributed by atoms with Gasteiger partial charge in [0.25, 0.3) is 0 Å². The van der Waals surface area contributed by atoms with E-state index in [-0.39, 0.29) is 11.9 Å². The average Bonchev–Trinajstić information content (AvgIpc) is 2.88. The molecule has 2 nitrogen and oxygen atoms in total. The quantitative estimate of drug-likeness (QED) is 0.715. The van der Waals surface area contributed by atoms with Crippen molar-refractivity contribution in [1.29, 1.82) is 0 Å². The van der Waals surface area contributed by atoms with Crippen LogP contribution in [0.5, 0.6) is 0 Å². The predicted octanol–water partition coefficient (Wildman–Crippen LogP) is 5.03. The molecule has 0 aliphatic carbocycles. The van der Waals surface area contributed by atoms with E-state index in [9.17, 15) is 4.39 Å². The van der Waals surface area contributed by atoms with Crippen LogP contribution in [0, 0.1) is 5.82 Å². The summed E-state index contributed by atoms with van der Waals surface area (Å²) in [5, 5.41) is 4.19. The van der Waals surface area contributed by atoms with E-state index in [1.54, 1.807) is 6.07 Å². The molecule has 1 unspecified atom stereocenters. The number of hydrogen-bond acceptors (Lipinski definition) is 2. The number of nitrogens with one attached hydrogen (secondary N) is 1. The maximum Gasteiger partial charge on any atom is 0.134 e. The Kier molecular flexibility index (Phi) is 4.08. The van der Waals surface area contributed by atoms with Crippen molar-refractivity contribution in [3.8, 4) is 0 Å². The molecule has 0 bridgehead atoms. The molecule has 0 fully saturated rings. The van der Waals surface area contributed by atoms with Gasteiger partial charge in [-0.2, -0.15) is 0 Å². The van der Waals surface area contributed by atoms with Gasteiger partial charge in [0.05, 0.1) is 6.04 Å². The third-order valence-corrected chi connectivity index (χ3v) is 3.92. The van der Waals surface area contributed by atoms with Crippen LogP contribution in [0.2, 0.25) is 0 Å². The van der Waals surface area contributed by atoms with Gasteiger partial charge in [-0.1, -0.05) is 35.0 Å². The lowest BCUT2D eigenvalue weighted by Gasteiger charge is -2.16. The summed E-state index contributed by atoms with van der Waals surface area (Å²) in [6, 6.07) is 14.5. The van der Waals surface area contributed by atoms with E-state index in [4.69, 9.17) is 4.42 Å². The maximum atomic E-state index is 13.3. The summed E-state index contributed by atoms with van der Waals surface area (Å²) < 4.78 is 20.2. The molecule has 108 valence electrons. The second-order valence-corrected chi connectivity index (χ2v) is 5.79. The Morgan fingerprint density at radius 3 is 2.62 bits per heavy atom. The van der Waals surface area contributed by atoms with Gasteiger partial charge in [-0.25, -0.2) is 4.39 Å². The van der Waals surface area contributed by atoms with E-state index in [2.05, 4.69) is 21.2 Å². The van der Waals surface area contributed by atoms with Gasteiger partial charge in [-0.15, -0.1) is 0 Å². The number of benzene rings is 2. The monoisotopic (exact) mass is 347 g/mol. The van der Waals surface area contributed by atoms with Crippen LogP contribution in [0.4, 0.5) is 4.39 Å². The molecule has 0 amide bonds. The first kappa shape index (κ1) is 14.3. The van der Waals surface area contributed by atoms with E-state index in [1.807, 2.05) is 37.3 Å². The van der Waals surface area contributed by atoms with Gasteiger partial charge in [0.2, 0.25) is 0 Å². The van der Waals surface area contributed by atoms with Crippen LogP contribution in [-0.2, 0) is 0 Å². The molecule has 2 aromatic carbocycles. The summed E-state index contributed by atoms with van der Waals surface area (Å²) in [7, 11) is 0. The number of fused-ring (bicyclic) bond motifs is 1. The van der Waals surface area contributed by atoms with Crippen molar-refractivity contribution in [2.24, 2.45) is 0 Å². The first-order valence-electron chi connectivity index (χ1n) is 6.85. The maximum absolute atomic E-state index is 13.3. The highest BCUT2D eigenvalue weighted by Crippen LogP contribution is 2.29. The first-order chi connectivity index (χ1) is 10.2. The van der Waals surface area contributed by atoms with Crippen molar-refractivity contribution < 1.29 is 8.81 Å². The topological polar surface area (TPSA) is 25.2 Å². The molecule has 21 heavy (non-hydrogen) atoms. The molecule has 0 saturated heterocycles. The Balaban J connectivity index is 2.04. The van der Waals surface area contributed by atoms with Crippen LogP contribution in [0.3, 0.4) is 0 Å². The molecule has 0 spiro atoms. The molecular weight excluding hydrogens is 333 g/mol. The number of rotatable bonds is 4. The van der Waals surface area contributed by atoms with Crippen LogP contribution >= 0.6 is 15.9 Å². The third kappa shape index (κ3) is 3.01. The second-order valence-electron chi connectivity index (χ2n) is 4.87. The molecule has 1 aromatic heterocycles. The van der Waals surface area contributed by atoms with Crippen molar-refractivity contribution in [2.75, 3.05) is 6.54 Å². The van der Waals surface area contributed by atoms with Crippen molar-refractivity contribution in [3.05, 3.63) is 70.1 Å². The standard InChI is InChI=1S/C17H15BrFNO/c1-2-20-17(11-3-5-13(18)6-4-11)16-10-12-9-14(19)7-8-15(12)21-16/h3-10,17,20H,2H2,1H3. The van der Waals surface area contributed by atoms with Gasteiger partial charge in [-0.3, -0.25) is 0 Å². The van der Waals surface area contributed by atoms with Gasteiger partial charge in [0.15, 0.2) is 0 Å². The van der Waals surface area contributed by atoms with Crippen LogP contribution in [0.25, 0.3) is 11.0 Å². The number of halogens is 2. The van der Waals surface area contributed by atoms with Crippen molar-refractivity contribution in [1.82, 2.24) is 5.32 Å². The molecule has 0 aliphatic rings. The highest BCUT2D eigenvalue weighted by Gasteiger charge is 2.17. The Bertz CT molecular complexity index is 751. The van der Waals surface area contributed by atoms with E-state index < -0.39 is 0 Å². The Morgan fingerprint density at radius 2 is 1.90 bits per heavy atom. The van der Waals surface area contributed by atoms with E-state index in [1.165, 1.54) is 12.1 Å². The Labute approximate surface area is 131 Å². The lowest BCUT2D eigenvalue weighted by Crippen LogP contribution is -2.21. The Hall–Kier alpha value is -1.65. The molecule has 0 aliphatic heterocycles. The van der Waals surface area contributed by atoms with Gasteiger partial charge in [0.1, 0.15) is 17.2 Å². The highest BCUT2D eigenvalue weighted by molar-refractivity contribution is 9.10. The Morgan fingerprint density at radius 1 is 1.14 bits per heavy atom. The zero-order valence-electron chi connectivity index (χ0n) is 11.6. The lowest BCUT2D eigenvalue weighted by molar-refractivity contribution is 0.477. The summed E-state index contributed by atoms with van der Waals surface area (Å²) in [5.74, 6) is 0.540. The zero-order chi connectivity index (χ0) is 14.8. The molecule has 0 saturated carbocycles. The van der Waals surface area contributed by atoms with E-state index >= 15 is 0 Å². The lowest BCUT2D eigenvalue weighted by atomic mass is 10.0. The molecular formula is C17H15BrFNO. The fraction of sp³-hybridized carbons (Fsp3) is 0.176. The van der Waals surface area contributed by atoms with E-state index in [0.29, 0.717) is 5.58 Å². The second kappa shape index (κ2) is 6.00. The summed E-state index contributed by atoms with van der Waals surface area (Å²) in [6.45, 7) is 2.86. The minimum atomic E-state index is -0.251. The first-order valence-corrected chi connectivity index (χ1v) is 7.64. The fourth-order valence-electron chi connectivity index (χ4n) is 2.42. The normalized spacial score (nSPS) is 12.7. The van der Waals surface area contributed by atoms with Crippen LogP contribution in [0.15, 0.2) is 57.4 Å². The average molecular weight is 348 g/mol. The van der Waals surface area contributed by atoms with Crippen molar-refractivity contribution in [2.45, 2.75) is 13.0 Å². The third-order valence-electron chi connectivity index (χ3n) is 3.39. The smallest absolute Gasteiger partial charge is 0.134 e. The molecule has 0 radical (unpaired) electrons. The molecule has 3 aromatic rings. The number of furan rings is 1. The van der Waals surface area contributed by atoms with Gasteiger partial charge >= 0.3 is 0 Å². The summed E-state index contributed by atoms with van der Waals surface area (Å²) in [6.07, 6.45) is 0. The van der Waals surface area contributed by atoms with Gasteiger partial charge in [0, 0.05) is 9.86 Å². The summed E-state index contributed by atoms with van der Waals surface area (Å²) >= 11 is 3.44. The van der Waals surface area contributed by atoms with Crippen molar-refractivity contribution >= 4 is 26.9 Å². The largest absolute Gasteiger partial charge is 0.459 e. The summed E-state index contributed by atoms with van der Waals surface area (Å²) in [4.78, 5) is 0. The van der Waals surface area contributed by atoms with Gasteiger partial charge < -0.3 is 9.73 Å². The van der Waals surface area contributed by atoms with Crippen LogP contribution < -0.4 is 5.32 Å². The minimum Gasteiger partial charge on any atom is -0.459 e. The highest BCUT2D eigenvalue weighted by atomic mass is 79.9. The zero-order valence-corrected chi connectivity index (χ0v) is 13.2. The van der Waals surface area contributed by atoms with Gasteiger partial charge in [-0.05, 0) is 48.5 Å². The number of hydrogen-bond donors (Lipinski definition) is 1. The minimum absolute atomic E-state index is 0.0430. The predicted molar refractivity (Wildman–Crippen MR) is 85.8 cm³/mol. The van der Waals surface area contributed by atoms with E-state index in [0.717, 1.165) is 27.7 Å². The van der Waals surface area contributed by atoms with Crippen LogP contribution in [0.1, 0.15) is 24.3 Å². The fourth-order valence-corrected chi connectivity index (χ4v) is 2.68. The van der Waals surface area contributed by atoms with Crippen LogP contribution in [-0.4, -0.2) is 6.54 Å². The summed E-state index contributed by atoms with van der Waals surface area (Å²) in [5.41, 5.74) is 1.81. The molecule has 1 atom stereocenters. The molecule has 1 N–H and O–H groups in total. The van der Waals surface area contributed by atoms with Crippen molar-refractivity contribution in [3.63, 3.8) is 0 Å². The molecule has 3 rings (SSSR count). The molecule has 1 heterocycles. The SMILES string of the molecule is CCNC(c1ccc(Br)cc1)c1cc2cc(F)ccc2o1.